The standard InChI is InChI=1S/C14H25NO5/c1-12(15)14(13-4-3-5-19-13)20-11-10-18-9-8-17-7-6-16-2/h3-5,12,14H,6-11,15H2,1-2H3. The van der Waals surface area contributed by atoms with Crippen LogP contribution in [0, 0.1) is 0 Å². The third-order valence-corrected chi connectivity index (χ3v) is 2.63. The second-order valence-electron chi connectivity index (χ2n) is 4.38. The molecule has 0 aliphatic heterocycles. The molecule has 0 saturated heterocycles. The average molecular weight is 287 g/mol. The summed E-state index contributed by atoms with van der Waals surface area (Å²) in [6, 6.07) is 3.54. The zero-order valence-corrected chi connectivity index (χ0v) is 12.2. The Morgan fingerprint density at radius 1 is 1.10 bits per heavy atom. The van der Waals surface area contributed by atoms with Crippen molar-refractivity contribution in [3.63, 3.8) is 0 Å². The summed E-state index contributed by atoms with van der Waals surface area (Å²) in [6.45, 7) is 5.12. The fourth-order valence-corrected chi connectivity index (χ4v) is 1.64. The van der Waals surface area contributed by atoms with Gasteiger partial charge in [0.25, 0.3) is 0 Å². The highest BCUT2D eigenvalue weighted by Crippen LogP contribution is 2.20. The third-order valence-electron chi connectivity index (χ3n) is 2.63. The lowest BCUT2D eigenvalue weighted by Crippen LogP contribution is -2.27. The van der Waals surface area contributed by atoms with Crippen molar-refractivity contribution in [2.75, 3.05) is 46.8 Å². The number of rotatable bonds is 12. The van der Waals surface area contributed by atoms with Crippen molar-refractivity contribution in [1.82, 2.24) is 0 Å². The molecule has 2 atom stereocenters. The maximum atomic E-state index is 5.88. The van der Waals surface area contributed by atoms with Gasteiger partial charge in [0.2, 0.25) is 0 Å². The van der Waals surface area contributed by atoms with Crippen LogP contribution in [0.25, 0.3) is 0 Å². The van der Waals surface area contributed by atoms with E-state index in [2.05, 4.69) is 0 Å². The number of hydrogen-bond acceptors (Lipinski definition) is 6. The second kappa shape index (κ2) is 10.8. The van der Waals surface area contributed by atoms with Gasteiger partial charge in [-0.3, -0.25) is 0 Å². The number of furan rings is 1. The highest BCUT2D eigenvalue weighted by molar-refractivity contribution is 5.04. The Balaban J connectivity index is 2.04. The van der Waals surface area contributed by atoms with E-state index >= 15 is 0 Å². The normalized spacial score (nSPS) is 14.3. The van der Waals surface area contributed by atoms with E-state index in [1.165, 1.54) is 0 Å². The number of ether oxygens (including phenoxy) is 4. The first-order valence-electron chi connectivity index (χ1n) is 6.80. The Morgan fingerprint density at radius 3 is 2.30 bits per heavy atom. The van der Waals surface area contributed by atoms with Crippen molar-refractivity contribution in [2.45, 2.75) is 19.1 Å². The molecule has 0 saturated carbocycles. The van der Waals surface area contributed by atoms with E-state index in [0.29, 0.717) is 39.6 Å². The predicted molar refractivity (Wildman–Crippen MR) is 74.6 cm³/mol. The van der Waals surface area contributed by atoms with Crippen LogP contribution in [0.15, 0.2) is 22.8 Å². The number of nitrogens with two attached hydrogens (primary N) is 1. The summed E-state index contributed by atoms with van der Waals surface area (Å²) in [6.07, 6.45) is 1.37. The van der Waals surface area contributed by atoms with Crippen LogP contribution < -0.4 is 5.73 Å². The Labute approximate surface area is 120 Å². The fraction of sp³-hybridized carbons (Fsp3) is 0.714. The van der Waals surface area contributed by atoms with Gasteiger partial charge in [0.15, 0.2) is 0 Å². The molecule has 0 fully saturated rings. The quantitative estimate of drug-likeness (QED) is 0.585. The molecule has 2 unspecified atom stereocenters. The Bertz CT molecular complexity index is 315. The van der Waals surface area contributed by atoms with Crippen molar-refractivity contribution in [3.05, 3.63) is 24.2 Å². The van der Waals surface area contributed by atoms with E-state index in [4.69, 9.17) is 29.1 Å². The number of methoxy groups -OCH3 is 1. The maximum Gasteiger partial charge on any atom is 0.134 e. The van der Waals surface area contributed by atoms with E-state index in [1.807, 2.05) is 19.1 Å². The summed E-state index contributed by atoms with van der Waals surface area (Å²) < 4.78 is 26.5. The minimum Gasteiger partial charge on any atom is -0.467 e. The second-order valence-corrected chi connectivity index (χ2v) is 4.38. The lowest BCUT2D eigenvalue weighted by molar-refractivity contribution is -0.0281. The van der Waals surface area contributed by atoms with E-state index in [1.54, 1.807) is 13.4 Å². The predicted octanol–water partition coefficient (Wildman–Crippen LogP) is 1.36. The largest absolute Gasteiger partial charge is 0.467 e. The molecular weight excluding hydrogens is 262 g/mol. The van der Waals surface area contributed by atoms with Gasteiger partial charge < -0.3 is 29.1 Å². The zero-order chi connectivity index (χ0) is 14.6. The molecular formula is C14H25NO5. The lowest BCUT2D eigenvalue weighted by Gasteiger charge is -2.19. The van der Waals surface area contributed by atoms with Crippen LogP contribution >= 0.6 is 0 Å². The van der Waals surface area contributed by atoms with Gasteiger partial charge in [0, 0.05) is 13.2 Å². The maximum absolute atomic E-state index is 5.88. The highest BCUT2D eigenvalue weighted by Gasteiger charge is 2.19. The van der Waals surface area contributed by atoms with Gasteiger partial charge in [-0.25, -0.2) is 0 Å². The summed E-state index contributed by atoms with van der Waals surface area (Å²) in [5.74, 6) is 0.739. The summed E-state index contributed by atoms with van der Waals surface area (Å²) >= 11 is 0. The van der Waals surface area contributed by atoms with Crippen LogP contribution in [-0.2, 0) is 18.9 Å². The molecule has 0 radical (unpaired) electrons. The van der Waals surface area contributed by atoms with Gasteiger partial charge >= 0.3 is 0 Å². The zero-order valence-electron chi connectivity index (χ0n) is 12.2. The minimum atomic E-state index is -0.244. The van der Waals surface area contributed by atoms with Gasteiger partial charge in [-0.05, 0) is 19.1 Å². The Morgan fingerprint density at radius 2 is 1.75 bits per heavy atom. The molecule has 1 rings (SSSR count). The van der Waals surface area contributed by atoms with E-state index < -0.39 is 0 Å². The van der Waals surface area contributed by atoms with Gasteiger partial charge in [-0.15, -0.1) is 0 Å². The van der Waals surface area contributed by atoms with E-state index in [9.17, 15) is 0 Å². The van der Waals surface area contributed by atoms with Gasteiger partial charge in [-0.1, -0.05) is 0 Å². The fourth-order valence-electron chi connectivity index (χ4n) is 1.64. The highest BCUT2D eigenvalue weighted by atomic mass is 16.6. The first kappa shape index (κ1) is 17.1. The smallest absolute Gasteiger partial charge is 0.134 e. The summed E-state index contributed by atoms with van der Waals surface area (Å²) in [7, 11) is 1.64. The van der Waals surface area contributed by atoms with Crippen LogP contribution in [0.2, 0.25) is 0 Å². The minimum absolute atomic E-state index is 0.140. The van der Waals surface area contributed by atoms with Crippen molar-refractivity contribution < 1.29 is 23.4 Å². The molecule has 6 heteroatoms. The van der Waals surface area contributed by atoms with Gasteiger partial charge in [-0.2, -0.15) is 0 Å². The first-order chi connectivity index (χ1) is 9.75. The Hall–Kier alpha value is -0.920. The Kier molecular flexibility index (Phi) is 9.27. The summed E-state index contributed by atoms with van der Waals surface area (Å²) in [4.78, 5) is 0. The van der Waals surface area contributed by atoms with Crippen molar-refractivity contribution >= 4 is 0 Å². The molecule has 0 bridgehead atoms. The van der Waals surface area contributed by atoms with Crippen LogP contribution in [0.5, 0.6) is 0 Å². The van der Waals surface area contributed by atoms with Crippen LogP contribution in [-0.4, -0.2) is 52.8 Å². The van der Waals surface area contributed by atoms with E-state index in [0.717, 1.165) is 5.76 Å². The molecule has 0 spiro atoms. The SMILES string of the molecule is COCCOCCOCCOC(c1ccco1)C(C)N. The van der Waals surface area contributed by atoms with Crippen LogP contribution in [0.1, 0.15) is 18.8 Å². The topological polar surface area (TPSA) is 76.1 Å². The average Bonchev–Trinajstić information content (AvgIpc) is 2.94. The van der Waals surface area contributed by atoms with Crippen molar-refractivity contribution in [2.24, 2.45) is 5.73 Å². The van der Waals surface area contributed by atoms with Gasteiger partial charge in [0.05, 0.1) is 45.9 Å². The van der Waals surface area contributed by atoms with Gasteiger partial charge in [0.1, 0.15) is 11.9 Å². The molecule has 116 valence electrons. The third kappa shape index (κ3) is 7.02. The molecule has 1 heterocycles. The molecule has 1 aromatic heterocycles. The van der Waals surface area contributed by atoms with Crippen molar-refractivity contribution in [1.29, 1.82) is 0 Å². The monoisotopic (exact) mass is 287 g/mol. The summed E-state index contributed by atoms with van der Waals surface area (Å²) in [5.41, 5.74) is 5.88. The molecule has 0 aliphatic carbocycles. The molecule has 0 amide bonds. The first-order valence-corrected chi connectivity index (χ1v) is 6.80. The van der Waals surface area contributed by atoms with Crippen LogP contribution in [0.4, 0.5) is 0 Å². The molecule has 0 aromatic carbocycles. The molecule has 2 N–H and O–H groups in total. The van der Waals surface area contributed by atoms with Crippen LogP contribution in [0.3, 0.4) is 0 Å². The van der Waals surface area contributed by atoms with Crippen molar-refractivity contribution in [3.8, 4) is 0 Å². The molecule has 20 heavy (non-hydrogen) atoms. The molecule has 0 aliphatic rings. The molecule has 1 aromatic rings. The lowest BCUT2D eigenvalue weighted by atomic mass is 10.1. The number of hydrogen-bond donors (Lipinski definition) is 1. The summed E-state index contributed by atoms with van der Waals surface area (Å²) in [5, 5.41) is 0. The molecule has 6 nitrogen and oxygen atoms in total. The van der Waals surface area contributed by atoms with E-state index in [-0.39, 0.29) is 12.1 Å².